The van der Waals surface area contributed by atoms with E-state index in [-0.39, 0.29) is 5.97 Å². The number of methoxy groups -OCH3 is 1. The number of benzene rings is 1. The number of hydrogen-bond donors (Lipinski definition) is 1. The van der Waals surface area contributed by atoms with E-state index >= 15 is 0 Å². The molecular weight excluding hydrogens is 322 g/mol. The molecule has 1 N–H and O–H groups in total. The van der Waals surface area contributed by atoms with E-state index in [1.54, 1.807) is 0 Å². The van der Waals surface area contributed by atoms with Gasteiger partial charge >= 0.3 is 5.97 Å². The fourth-order valence-electron chi connectivity index (χ4n) is 2.33. The molecule has 1 aromatic heterocycles. The highest BCUT2D eigenvalue weighted by Gasteiger charge is 2.43. The van der Waals surface area contributed by atoms with Crippen LogP contribution in [0, 0.1) is 0 Å². The summed E-state index contributed by atoms with van der Waals surface area (Å²) in [6.07, 6.45) is 2.16. The molecule has 1 aliphatic rings. The molecule has 3 rings (SSSR count). The molecule has 0 bridgehead atoms. The van der Waals surface area contributed by atoms with Gasteiger partial charge in [0.15, 0.2) is 5.54 Å². The van der Waals surface area contributed by atoms with Gasteiger partial charge in [-0.15, -0.1) is 0 Å². The zero-order valence-corrected chi connectivity index (χ0v) is 13.0. The van der Waals surface area contributed by atoms with Gasteiger partial charge in [0.1, 0.15) is 11.3 Å². The second-order valence-corrected chi connectivity index (χ2v) is 6.24. The van der Waals surface area contributed by atoms with Gasteiger partial charge in [-0.25, -0.2) is 4.79 Å². The first kappa shape index (κ1) is 13.6. The minimum Gasteiger partial charge on any atom is -0.467 e. The van der Waals surface area contributed by atoms with E-state index in [9.17, 15) is 4.79 Å². The van der Waals surface area contributed by atoms with Gasteiger partial charge in [0, 0.05) is 15.9 Å². The summed E-state index contributed by atoms with van der Waals surface area (Å²) in [5.74, 6) is 0.256. The van der Waals surface area contributed by atoms with Crippen molar-refractivity contribution in [3.8, 4) is 0 Å². The number of carbonyl (C=O) groups excluding carboxylic acids is 1. The van der Waals surface area contributed by atoms with Crippen molar-refractivity contribution in [2.24, 2.45) is 0 Å². The Labute approximate surface area is 125 Å². The lowest BCUT2D eigenvalue weighted by Crippen LogP contribution is -2.48. The number of nitrogens with one attached hydrogen (secondary N) is 1. The standard InChI is InChI=1S/C15H16BrNO3/c1-15(14(18)19-2,17-11-4-5-11)13-8-9-7-10(16)3-6-12(9)20-13/h3,6-8,11,17H,4-5H2,1-2H3. The first-order valence-electron chi connectivity index (χ1n) is 6.58. The largest absolute Gasteiger partial charge is 0.467 e. The summed E-state index contributed by atoms with van der Waals surface area (Å²) in [4.78, 5) is 12.2. The summed E-state index contributed by atoms with van der Waals surface area (Å²) in [6.45, 7) is 1.81. The fraction of sp³-hybridized carbons (Fsp3) is 0.400. The Kier molecular flexibility index (Phi) is 3.34. The number of halogens is 1. The second kappa shape index (κ2) is 4.90. The maximum absolute atomic E-state index is 12.2. The van der Waals surface area contributed by atoms with Crippen molar-refractivity contribution in [1.82, 2.24) is 5.32 Å². The van der Waals surface area contributed by atoms with Gasteiger partial charge in [-0.2, -0.15) is 0 Å². The number of esters is 1. The van der Waals surface area contributed by atoms with Crippen LogP contribution < -0.4 is 5.32 Å². The van der Waals surface area contributed by atoms with Crippen molar-refractivity contribution in [3.05, 3.63) is 34.5 Å². The van der Waals surface area contributed by atoms with Crippen LogP contribution in [0.25, 0.3) is 11.0 Å². The molecule has 0 aliphatic heterocycles. The second-order valence-electron chi connectivity index (χ2n) is 5.33. The van der Waals surface area contributed by atoms with E-state index in [0.29, 0.717) is 11.8 Å². The molecule has 1 unspecified atom stereocenters. The molecule has 1 fully saturated rings. The Morgan fingerprint density at radius 1 is 1.45 bits per heavy atom. The van der Waals surface area contributed by atoms with Crippen LogP contribution in [0.2, 0.25) is 0 Å². The topological polar surface area (TPSA) is 51.5 Å². The number of fused-ring (bicyclic) bond motifs is 1. The molecule has 1 saturated carbocycles. The minimum atomic E-state index is -0.943. The number of ether oxygens (including phenoxy) is 1. The Morgan fingerprint density at radius 2 is 2.20 bits per heavy atom. The van der Waals surface area contributed by atoms with E-state index in [1.807, 2.05) is 31.2 Å². The highest BCUT2D eigenvalue weighted by molar-refractivity contribution is 9.10. The van der Waals surface area contributed by atoms with Gasteiger partial charge in [-0.3, -0.25) is 5.32 Å². The molecular formula is C15H16BrNO3. The quantitative estimate of drug-likeness (QED) is 0.869. The number of rotatable bonds is 4. The maximum Gasteiger partial charge on any atom is 0.333 e. The van der Waals surface area contributed by atoms with Crippen LogP contribution in [0.15, 0.2) is 33.2 Å². The molecule has 1 atom stereocenters. The van der Waals surface area contributed by atoms with Crippen molar-refractivity contribution in [2.45, 2.75) is 31.3 Å². The van der Waals surface area contributed by atoms with Gasteiger partial charge in [0.05, 0.1) is 7.11 Å². The lowest BCUT2D eigenvalue weighted by atomic mass is 9.98. The van der Waals surface area contributed by atoms with Crippen LogP contribution in [0.1, 0.15) is 25.5 Å². The molecule has 2 aromatic rings. The normalized spacial score (nSPS) is 17.9. The molecule has 0 amide bonds. The third-order valence-electron chi connectivity index (χ3n) is 3.63. The van der Waals surface area contributed by atoms with E-state index in [2.05, 4.69) is 21.2 Å². The smallest absolute Gasteiger partial charge is 0.333 e. The molecule has 4 nitrogen and oxygen atoms in total. The SMILES string of the molecule is COC(=O)C(C)(NC1CC1)c1cc2cc(Br)ccc2o1. The number of carbonyl (C=O) groups is 1. The van der Waals surface area contributed by atoms with Crippen LogP contribution >= 0.6 is 15.9 Å². The molecule has 0 spiro atoms. The highest BCUT2D eigenvalue weighted by Crippen LogP contribution is 2.33. The molecule has 1 aromatic carbocycles. The van der Waals surface area contributed by atoms with E-state index < -0.39 is 5.54 Å². The Hall–Kier alpha value is -1.33. The Bertz CT molecular complexity index is 662. The predicted octanol–water partition coefficient (Wildman–Crippen LogP) is 3.34. The van der Waals surface area contributed by atoms with Gasteiger partial charge < -0.3 is 9.15 Å². The van der Waals surface area contributed by atoms with Gasteiger partial charge in [0.25, 0.3) is 0 Å². The summed E-state index contributed by atoms with van der Waals surface area (Å²) in [5.41, 5.74) is -0.183. The maximum atomic E-state index is 12.2. The zero-order valence-electron chi connectivity index (χ0n) is 11.4. The van der Waals surface area contributed by atoms with Crippen LogP contribution in [0.4, 0.5) is 0 Å². The van der Waals surface area contributed by atoms with E-state index in [4.69, 9.17) is 9.15 Å². The monoisotopic (exact) mass is 337 g/mol. The lowest BCUT2D eigenvalue weighted by molar-refractivity contribution is -0.149. The lowest BCUT2D eigenvalue weighted by Gasteiger charge is -2.25. The zero-order chi connectivity index (χ0) is 14.3. The Morgan fingerprint density at radius 3 is 2.85 bits per heavy atom. The van der Waals surface area contributed by atoms with E-state index in [1.165, 1.54) is 7.11 Å². The van der Waals surface area contributed by atoms with Crippen molar-refractivity contribution in [1.29, 1.82) is 0 Å². The van der Waals surface area contributed by atoms with Crippen LogP contribution in [-0.2, 0) is 15.1 Å². The van der Waals surface area contributed by atoms with Crippen LogP contribution in [0.3, 0.4) is 0 Å². The molecule has 106 valence electrons. The van der Waals surface area contributed by atoms with Gasteiger partial charge in [0.2, 0.25) is 0 Å². The average Bonchev–Trinajstić information content (AvgIpc) is 3.13. The molecule has 20 heavy (non-hydrogen) atoms. The predicted molar refractivity (Wildman–Crippen MR) is 79.4 cm³/mol. The highest BCUT2D eigenvalue weighted by atomic mass is 79.9. The molecule has 0 saturated heterocycles. The summed E-state index contributed by atoms with van der Waals surface area (Å²) in [5, 5.41) is 4.29. The van der Waals surface area contributed by atoms with Crippen molar-refractivity contribution in [3.63, 3.8) is 0 Å². The average molecular weight is 338 g/mol. The first-order chi connectivity index (χ1) is 9.53. The third kappa shape index (κ3) is 2.36. The van der Waals surface area contributed by atoms with Gasteiger partial charge in [-0.1, -0.05) is 15.9 Å². The summed E-state index contributed by atoms with van der Waals surface area (Å²) in [6, 6.07) is 8.03. The van der Waals surface area contributed by atoms with Crippen molar-refractivity contribution >= 4 is 32.9 Å². The Balaban J connectivity index is 2.05. The van der Waals surface area contributed by atoms with E-state index in [0.717, 1.165) is 28.3 Å². The molecule has 5 heteroatoms. The first-order valence-corrected chi connectivity index (χ1v) is 7.38. The fourth-order valence-corrected chi connectivity index (χ4v) is 2.71. The van der Waals surface area contributed by atoms with Crippen LogP contribution in [-0.4, -0.2) is 19.1 Å². The number of hydrogen-bond acceptors (Lipinski definition) is 4. The molecule has 1 aliphatic carbocycles. The molecule has 0 radical (unpaired) electrons. The minimum absolute atomic E-state index is 0.331. The van der Waals surface area contributed by atoms with Gasteiger partial charge in [-0.05, 0) is 44.0 Å². The number of furan rings is 1. The summed E-state index contributed by atoms with van der Waals surface area (Å²) < 4.78 is 11.8. The summed E-state index contributed by atoms with van der Waals surface area (Å²) in [7, 11) is 1.40. The van der Waals surface area contributed by atoms with Crippen molar-refractivity contribution < 1.29 is 13.9 Å². The van der Waals surface area contributed by atoms with Crippen LogP contribution in [0.5, 0.6) is 0 Å². The molecule has 1 heterocycles. The summed E-state index contributed by atoms with van der Waals surface area (Å²) >= 11 is 3.44. The third-order valence-corrected chi connectivity index (χ3v) is 4.13. The van der Waals surface area contributed by atoms with Crippen molar-refractivity contribution in [2.75, 3.05) is 7.11 Å².